The second kappa shape index (κ2) is 6.64. The lowest BCUT2D eigenvalue weighted by atomic mass is 10.0. The Morgan fingerprint density at radius 1 is 1.33 bits per heavy atom. The molecule has 3 nitrogen and oxygen atoms in total. The van der Waals surface area contributed by atoms with Gasteiger partial charge in [0.15, 0.2) is 0 Å². The number of hydrogen-bond donors (Lipinski definition) is 2. The lowest BCUT2D eigenvalue weighted by Gasteiger charge is -2.11. The standard InChI is InChI=1S/C15H20N2O/c1-5-10-16-15(18)12(4)17-14-8-6-13(7-9-14)11(2)3/h5-9,11,17H,1,4,10H2,2-3H3,(H,16,18). The Morgan fingerprint density at radius 3 is 2.44 bits per heavy atom. The molecule has 0 aromatic heterocycles. The summed E-state index contributed by atoms with van der Waals surface area (Å²) in [4.78, 5) is 11.6. The summed E-state index contributed by atoms with van der Waals surface area (Å²) in [5.74, 6) is 0.279. The molecular weight excluding hydrogens is 224 g/mol. The first kappa shape index (κ1) is 14.0. The van der Waals surface area contributed by atoms with Gasteiger partial charge < -0.3 is 10.6 Å². The lowest BCUT2D eigenvalue weighted by Crippen LogP contribution is -2.27. The van der Waals surface area contributed by atoms with E-state index >= 15 is 0 Å². The van der Waals surface area contributed by atoms with E-state index in [0.717, 1.165) is 5.69 Å². The van der Waals surface area contributed by atoms with Crippen molar-refractivity contribution in [2.24, 2.45) is 0 Å². The van der Waals surface area contributed by atoms with E-state index in [4.69, 9.17) is 0 Å². The summed E-state index contributed by atoms with van der Waals surface area (Å²) in [6.45, 7) is 12.0. The van der Waals surface area contributed by atoms with Crippen LogP contribution >= 0.6 is 0 Å². The molecule has 96 valence electrons. The number of anilines is 1. The number of carbonyl (C=O) groups excluding carboxylic acids is 1. The number of nitrogens with one attached hydrogen (secondary N) is 2. The van der Waals surface area contributed by atoms with Gasteiger partial charge in [-0.05, 0) is 23.6 Å². The predicted molar refractivity (Wildman–Crippen MR) is 76.5 cm³/mol. The Balaban J connectivity index is 2.59. The third-order valence-electron chi connectivity index (χ3n) is 2.55. The molecule has 1 rings (SSSR count). The molecule has 0 unspecified atom stereocenters. The fraction of sp³-hybridized carbons (Fsp3) is 0.267. The smallest absolute Gasteiger partial charge is 0.267 e. The molecule has 0 aliphatic rings. The molecule has 1 aromatic rings. The van der Waals surface area contributed by atoms with Crippen molar-refractivity contribution in [1.29, 1.82) is 0 Å². The quantitative estimate of drug-likeness (QED) is 0.596. The molecule has 0 saturated carbocycles. The van der Waals surface area contributed by atoms with Crippen LogP contribution in [0.2, 0.25) is 0 Å². The Bertz CT molecular complexity index is 432. The molecule has 0 saturated heterocycles. The van der Waals surface area contributed by atoms with Gasteiger partial charge in [0, 0.05) is 12.2 Å². The van der Waals surface area contributed by atoms with Crippen molar-refractivity contribution in [3.05, 3.63) is 54.8 Å². The van der Waals surface area contributed by atoms with Gasteiger partial charge in [-0.3, -0.25) is 4.79 Å². The van der Waals surface area contributed by atoms with E-state index in [1.54, 1.807) is 6.08 Å². The van der Waals surface area contributed by atoms with Crippen LogP contribution in [0, 0.1) is 0 Å². The fourth-order valence-electron chi connectivity index (χ4n) is 1.45. The molecule has 1 aromatic carbocycles. The molecule has 0 spiro atoms. The summed E-state index contributed by atoms with van der Waals surface area (Å²) in [5.41, 5.74) is 2.45. The summed E-state index contributed by atoms with van der Waals surface area (Å²) < 4.78 is 0. The molecule has 0 atom stereocenters. The highest BCUT2D eigenvalue weighted by atomic mass is 16.2. The van der Waals surface area contributed by atoms with Gasteiger partial charge >= 0.3 is 0 Å². The van der Waals surface area contributed by atoms with Crippen LogP contribution in [0.3, 0.4) is 0 Å². The molecule has 0 heterocycles. The van der Waals surface area contributed by atoms with Crippen LogP contribution in [-0.4, -0.2) is 12.5 Å². The fourth-order valence-corrected chi connectivity index (χ4v) is 1.45. The number of hydrogen-bond acceptors (Lipinski definition) is 2. The highest BCUT2D eigenvalue weighted by molar-refractivity contribution is 5.95. The third-order valence-corrected chi connectivity index (χ3v) is 2.55. The molecule has 0 aliphatic carbocycles. The Morgan fingerprint density at radius 2 is 1.94 bits per heavy atom. The van der Waals surface area contributed by atoms with Gasteiger partial charge in [-0.1, -0.05) is 38.6 Å². The van der Waals surface area contributed by atoms with Gasteiger partial charge in [0.1, 0.15) is 0 Å². The van der Waals surface area contributed by atoms with E-state index in [1.165, 1.54) is 5.56 Å². The summed E-state index contributed by atoms with van der Waals surface area (Å²) in [6.07, 6.45) is 1.63. The van der Waals surface area contributed by atoms with Gasteiger partial charge in [0.05, 0.1) is 5.70 Å². The molecule has 3 heteroatoms. The van der Waals surface area contributed by atoms with Crippen LogP contribution in [-0.2, 0) is 4.79 Å². The molecule has 0 radical (unpaired) electrons. The monoisotopic (exact) mass is 244 g/mol. The maximum atomic E-state index is 11.6. The van der Waals surface area contributed by atoms with E-state index in [0.29, 0.717) is 18.2 Å². The normalized spacial score (nSPS) is 9.94. The maximum absolute atomic E-state index is 11.6. The zero-order valence-electron chi connectivity index (χ0n) is 11.0. The topological polar surface area (TPSA) is 41.1 Å². The molecular formula is C15H20N2O. The average Bonchev–Trinajstić information content (AvgIpc) is 2.36. The van der Waals surface area contributed by atoms with Gasteiger partial charge in [-0.25, -0.2) is 0 Å². The minimum absolute atomic E-state index is 0.220. The van der Waals surface area contributed by atoms with Crippen LogP contribution in [0.1, 0.15) is 25.3 Å². The molecule has 1 amide bonds. The van der Waals surface area contributed by atoms with Crippen molar-refractivity contribution >= 4 is 11.6 Å². The Kier molecular flexibility index (Phi) is 5.18. The highest BCUT2D eigenvalue weighted by Crippen LogP contribution is 2.17. The van der Waals surface area contributed by atoms with Gasteiger partial charge in [0.2, 0.25) is 0 Å². The Hall–Kier alpha value is -2.03. The zero-order chi connectivity index (χ0) is 13.5. The van der Waals surface area contributed by atoms with Crippen molar-refractivity contribution in [2.75, 3.05) is 11.9 Å². The SMILES string of the molecule is C=CCNC(=O)C(=C)Nc1ccc(C(C)C)cc1. The number of benzene rings is 1. The average molecular weight is 244 g/mol. The van der Waals surface area contributed by atoms with E-state index in [2.05, 4.69) is 37.6 Å². The van der Waals surface area contributed by atoms with Crippen molar-refractivity contribution in [1.82, 2.24) is 5.32 Å². The van der Waals surface area contributed by atoms with Crippen molar-refractivity contribution in [2.45, 2.75) is 19.8 Å². The minimum atomic E-state index is -0.220. The summed E-state index contributed by atoms with van der Waals surface area (Å²) >= 11 is 0. The van der Waals surface area contributed by atoms with Gasteiger partial charge in [-0.2, -0.15) is 0 Å². The van der Waals surface area contributed by atoms with Crippen LogP contribution < -0.4 is 10.6 Å². The predicted octanol–water partition coefficient (Wildman–Crippen LogP) is 3.04. The zero-order valence-corrected chi connectivity index (χ0v) is 11.0. The molecule has 0 aliphatic heterocycles. The first-order valence-electron chi connectivity index (χ1n) is 5.99. The number of carbonyl (C=O) groups is 1. The number of rotatable bonds is 6. The molecule has 18 heavy (non-hydrogen) atoms. The van der Waals surface area contributed by atoms with Crippen molar-refractivity contribution in [3.8, 4) is 0 Å². The van der Waals surface area contributed by atoms with Gasteiger partial charge in [0.25, 0.3) is 5.91 Å². The minimum Gasteiger partial charge on any atom is -0.352 e. The highest BCUT2D eigenvalue weighted by Gasteiger charge is 2.06. The molecule has 0 fully saturated rings. The summed E-state index contributed by atoms with van der Waals surface area (Å²) in [7, 11) is 0. The Labute approximate surface area is 109 Å². The first-order valence-corrected chi connectivity index (χ1v) is 5.99. The molecule has 2 N–H and O–H groups in total. The van der Waals surface area contributed by atoms with Crippen LogP contribution in [0.25, 0.3) is 0 Å². The maximum Gasteiger partial charge on any atom is 0.267 e. The first-order chi connectivity index (χ1) is 8.54. The largest absolute Gasteiger partial charge is 0.352 e. The van der Waals surface area contributed by atoms with Gasteiger partial charge in [-0.15, -0.1) is 6.58 Å². The van der Waals surface area contributed by atoms with Crippen LogP contribution in [0.15, 0.2) is 49.2 Å². The van der Waals surface area contributed by atoms with Crippen molar-refractivity contribution < 1.29 is 4.79 Å². The molecule has 0 bridgehead atoms. The lowest BCUT2D eigenvalue weighted by molar-refractivity contribution is -0.117. The van der Waals surface area contributed by atoms with Crippen LogP contribution in [0.4, 0.5) is 5.69 Å². The second-order valence-electron chi connectivity index (χ2n) is 4.38. The van der Waals surface area contributed by atoms with Crippen LogP contribution in [0.5, 0.6) is 0 Å². The second-order valence-corrected chi connectivity index (χ2v) is 4.38. The van der Waals surface area contributed by atoms with E-state index < -0.39 is 0 Å². The number of amides is 1. The van der Waals surface area contributed by atoms with E-state index in [-0.39, 0.29) is 5.91 Å². The summed E-state index contributed by atoms with van der Waals surface area (Å²) in [6, 6.07) is 7.98. The van der Waals surface area contributed by atoms with Crippen molar-refractivity contribution in [3.63, 3.8) is 0 Å². The van der Waals surface area contributed by atoms with E-state index in [9.17, 15) is 4.79 Å². The van der Waals surface area contributed by atoms with E-state index in [1.807, 2.05) is 24.3 Å². The third kappa shape index (κ3) is 4.09. The summed E-state index contributed by atoms with van der Waals surface area (Å²) in [5, 5.41) is 5.64.